The van der Waals surface area contributed by atoms with Gasteiger partial charge in [-0.05, 0) is 51.5 Å². The van der Waals surface area contributed by atoms with Crippen LogP contribution in [0.3, 0.4) is 0 Å². The van der Waals surface area contributed by atoms with Crippen LogP contribution >= 0.6 is 0 Å². The third-order valence-corrected chi connectivity index (χ3v) is 5.20. The van der Waals surface area contributed by atoms with E-state index in [1.165, 1.54) is 9.80 Å². The fourth-order valence-corrected chi connectivity index (χ4v) is 3.43. The fraction of sp³-hybridized carbons (Fsp3) is 0.500. The second-order valence-corrected chi connectivity index (χ2v) is 10.2. The topological polar surface area (TPSA) is 105 Å². The summed E-state index contributed by atoms with van der Waals surface area (Å²) in [5, 5.41) is 6.68. The van der Waals surface area contributed by atoms with Gasteiger partial charge in [0.1, 0.15) is 17.4 Å². The summed E-state index contributed by atoms with van der Waals surface area (Å²) in [6, 6.07) is 7.89. The van der Waals surface area contributed by atoms with Crippen LogP contribution in [-0.2, 0) is 19.7 Å². The fourth-order valence-electron chi connectivity index (χ4n) is 3.43. The number of carbonyl (C=O) groups excluding carboxylic acids is 3. The predicted molar refractivity (Wildman–Crippen MR) is 125 cm³/mol. The molecule has 178 valence electrons. The van der Waals surface area contributed by atoms with Crippen LogP contribution in [0.25, 0.3) is 0 Å². The van der Waals surface area contributed by atoms with E-state index in [4.69, 9.17) is 9.26 Å². The van der Waals surface area contributed by atoms with Gasteiger partial charge in [0.05, 0.1) is 0 Å². The molecule has 0 aliphatic carbocycles. The highest BCUT2D eigenvalue weighted by Gasteiger charge is 2.37. The van der Waals surface area contributed by atoms with Crippen LogP contribution in [0.2, 0.25) is 0 Å². The van der Waals surface area contributed by atoms with Crippen LogP contribution in [0, 0.1) is 0 Å². The molecule has 33 heavy (non-hydrogen) atoms. The quantitative estimate of drug-likeness (QED) is 0.727. The second-order valence-electron chi connectivity index (χ2n) is 10.2. The normalized spacial score (nSPS) is 16.6. The second kappa shape index (κ2) is 8.88. The summed E-state index contributed by atoms with van der Waals surface area (Å²) < 4.78 is 10.7. The minimum Gasteiger partial charge on any atom is -0.443 e. The Balaban J connectivity index is 1.73. The molecule has 1 N–H and O–H groups in total. The molecule has 0 saturated carbocycles. The van der Waals surface area contributed by atoms with Crippen molar-refractivity contribution in [2.24, 2.45) is 0 Å². The summed E-state index contributed by atoms with van der Waals surface area (Å²) in [6.45, 7) is 11.4. The molecular formula is C24H32N4O5. The first-order valence-corrected chi connectivity index (χ1v) is 10.9. The smallest absolute Gasteiger partial charge is 0.414 e. The Bertz CT molecular complexity index is 1030. The minimum absolute atomic E-state index is 0.140. The van der Waals surface area contributed by atoms with E-state index in [0.29, 0.717) is 29.4 Å². The van der Waals surface area contributed by atoms with E-state index in [0.717, 1.165) is 0 Å². The number of carbonyl (C=O) groups is 3. The molecule has 0 radical (unpaired) electrons. The number of nitrogens with zero attached hydrogens (tertiary/aromatic N) is 3. The average Bonchev–Trinajstić information content (AvgIpc) is 3.33. The van der Waals surface area contributed by atoms with Crippen molar-refractivity contribution in [1.29, 1.82) is 0 Å². The van der Waals surface area contributed by atoms with Gasteiger partial charge in [-0.1, -0.05) is 25.9 Å². The van der Waals surface area contributed by atoms with E-state index < -0.39 is 17.7 Å². The molecule has 2 heterocycles. The predicted octanol–water partition coefficient (Wildman–Crippen LogP) is 4.48. The van der Waals surface area contributed by atoms with Gasteiger partial charge in [0.25, 0.3) is 0 Å². The van der Waals surface area contributed by atoms with Crippen LogP contribution in [0.5, 0.6) is 0 Å². The lowest BCUT2D eigenvalue weighted by Gasteiger charge is -2.26. The molecule has 9 nitrogen and oxygen atoms in total. The molecule has 1 saturated heterocycles. The van der Waals surface area contributed by atoms with Gasteiger partial charge in [0.15, 0.2) is 5.82 Å². The van der Waals surface area contributed by atoms with Crippen molar-refractivity contribution in [3.8, 4) is 0 Å². The molecule has 1 atom stereocenters. The van der Waals surface area contributed by atoms with Crippen LogP contribution in [0.4, 0.5) is 22.0 Å². The number of hydrogen-bond donors (Lipinski definition) is 1. The first kappa shape index (κ1) is 24.3. The molecule has 1 aromatic heterocycles. The van der Waals surface area contributed by atoms with Gasteiger partial charge in [0.2, 0.25) is 11.8 Å². The van der Waals surface area contributed by atoms with Crippen LogP contribution in [0.15, 0.2) is 34.9 Å². The van der Waals surface area contributed by atoms with Gasteiger partial charge in [-0.25, -0.2) is 4.79 Å². The zero-order valence-electron chi connectivity index (χ0n) is 20.3. The van der Waals surface area contributed by atoms with E-state index in [2.05, 4.69) is 10.5 Å². The first-order valence-electron chi connectivity index (χ1n) is 10.9. The number of amides is 3. The van der Waals surface area contributed by atoms with Crippen molar-refractivity contribution in [1.82, 2.24) is 5.16 Å². The zero-order valence-corrected chi connectivity index (χ0v) is 20.3. The molecule has 9 heteroatoms. The van der Waals surface area contributed by atoms with Crippen molar-refractivity contribution >= 4 is 35.1 Å². The maximum Gasteiger partial charge on any atom is 0.414 e. The highest BCUT2D eigenvalue weighted by Crippen LogP contribution is 2.30. The monoisotopic (exact) mass is 456 g/mol. The Labute approximate surface area is 194 Å². The van der Waals surface area contributed by atoms with Gasteiger partial charge in [-0.3, -0.25) is 19.4 Å². The van der Waals surface area contributed by atoms with Gasteiger partial charge in [-0.2, -0.15) is 0 Å². The largest absolute Gasteiger partial charge is 0.443 e. The van der Waals surface area contributed by atoms with Crippen molar-refractivity contribution in [3.05, 3.63) is 36.1 Å². The minimum atomic E-state index is -0.665. The summed E-state index contributed by atoms with van der Waals surface area (Å²) >= 11 is 0. The van der Waals surface area contributed by atoms with E-state index in [9.17, 15) is 14.4 Å². The lowest BCUT2D eigenvalue weighted by atomic mass is 9.93. The average molecular weight is 457 g/mol. The molecule has 0 spiro atoms. The molecule has 1 aliphatic rings. The Morgan fingerprint density at radius 3 is 2.33 bits per heavy atom. The van der Waals surface area contributed by atoms with Crippen LogP contribution in [0.1, 0.15) is 60.1 Å². The summed E-state index contributed by atoms with van der Waals surface area (Å²) in [4.78, 5) is 40.7. The number of ether oxygens (including phenoxy) is 1. The highest BCUT2D eigenvalue weighted by atomic mass is 16.6. The number of anilines is 3. The van der Waals surface area contributed by atoms with Crippen LogP contribution in [-0.4, -0.2) is 41.8 Å². The van der Waals surface area contributed by atoms with Crippen molar-refractivity contribution < 1.29 is 23.6 Å². The lowest BCUT2D eigenvalue weighted by molar-refractivity contribution is -0.120. The first-order chi connectivity index (χ1) is 15.3. The number of rotatable bonds is 4. The summed E-state index contributed by atoms with van der Waals surface area (Å²) in [5.41, 5.74) is 0.345. The number of benzene rings is 1. The summed E-state index contributed by atoms with van der Waals surface area (Å²) in [5.74, 6) is 0.504. The Kier molecular flexibility index (Phi) is 6.53. The molecule has 0 bridgehead atoms. The number of hydrogen-bond acceptors (Lipinski definition) is 6. The maximum absolute atomic E-state index is 12.9. The number of aromatic nitrogens is 1. The molecule has 3 amide bonds. The standard InChI is InChI=1S/C24H32N4O5/c1-23(2,3)18-14-19(26-33-18)25-21(30)17-12-13-20(29)28(17)16-10-8-15(9-11-16)27(7)22(31)32-24(4,5)6/h8-11,14,17H,12-13H2,1-7H3,(H,25,26,30)/t17-/m0/s1. The van der Waals surface area contributed by atoms with E-state index in [1.54, 1.807) is 58.2 Å². The maximum atomic E-state index is 12.9. The van der Waals surface area contributed by atoms with Crippen molar-refractivity contribution in [3.63, 3.8) is 0 Å². The Hall–Kier alpha value is -3.36. The van der Waals surface area contributed by atoms with Gasteiger partial charge in [0, 0.05) is 36.3 Å². The van der Waals surface area contributed by atoms with E-state index >= 15 is 0 Å². The summed E-state index contributed by atoms with van der Waals surface area (Å²) in [6.07, 6.45) is 0.185. The molecule has 0 unspecified atom stereocenters. The van der Waals surface area contributed by atoms with Crippen molar-refractivity contribution in [2.75, 3.05) is 22.2 Å². The lowest BCUT2D eigenvalue weighted by Crippen LogP contribution is -2.41. The third-order valence-electron chi connectivity index (χ3n) is 5.20. The Morgan fingerprint density at radius 1 is 1.15 bits per heavy atom. The van der Waals surface area contributed by atoms with Gasteiger partial charge in [-0.15, -0.1) is 0 Å². The molecular weight excluding hydrogens is 424 g/mol. The molecule has 3 rings (SSSR count). The third kappa shape index (κ3) is 5.71. The van der Waals surface area contributed by atoms with E-state index in [-0.39, 0.29) is 23.7 Å². The summed E-state index contributed by atoms with van der Waals surface area (Å²) in [7, 11) is 1.62. The molecule has 1 fully saturated rings. The molecule has 2 aromatic rings. The van der Waals surface area contributed by atoms with Gasteiger partial charge >= 0.3 is 6.09 Å². The zero-order chi connectivity index (χ0) is 24.6. The molecule has 1 aliphatic heterocycles. The number of nitrogens with one attached hydrogen (secondary N) is 1. The Morgan fingerprint density at radius 2 is 1.79 bits per heavy atom. The SMILES string of the molecule is CN(C(=O)OC(C)(C)C)c1ccc(N2C(=O)CC[C@H]2C(=O)Nc2cc(C(C)(C)C)on2)cc1. The van der Waals surface area contributed by atoms with Gasteiger partial charge < -0.3 is 14.6 Å². The van der Waals surface area contributed by atoms with Crippen LogP contribution < -0.4 is 15.1 Å². The molecule has 1 aromatic carbocycles. The highest BCUT2D eigenvalue weighted by molar-refractivity contribution is 6.07. The van der Waals surface area contributed by atoms with E-state index in [1.807, 2.05) is 20.8 Å². The van der Waals surface area contributed by atoms with Crippen molar-refractivity contribution in [2.45, 2.75) is 71.4 Å².